The summed E-state index contributed by atoms with van der Waals surface area (Å²) in [6, 6.07) is 8.07. The van der Waals surface area contributed by atoms with Crippen LogP contribution in [-0.4, -0.2) is 60.4 Å². The lowest BCUT2D eigenvalue weighted by atomic mass is 10.0. The molecule has 1 N–H and O–H groups in total. The fourth-order valence-corrected chi connectivity index (χ4v) is 4.34. The Balaban J connectivity index is 0.00000432. The number of hydrogen-bond donors (Lipinski definition) is 1. The van der Waals surface area contributed by atoms with Crippen molar-refractivity contribution in [2.45, 2.75) is 59.0 Å². The molecule has 1 aromatic rings. The van der Waals surface area contributed by atoms with Gasteiger partial charge in [0.1, 0.15) is 5.75 Å². The van der Waals surface area contributed by atoms with Gasteiger partial charge in [-0.2, -0.15) is 0 Å². The second kappa shape index (κ2) is 13.1. The van der Waals surface area contributed by atoms with Crippen molar-refractivity contribution in [3.63, 3.8) is 0 Å². The number of para-hydroxylation sites is 1. The standard InChI is InChI=1S/C28H39N3O3.H2/c1-22(2)34-27-13-5-4-12-26(27)24-10-8-11-25(16-15-24)29-28(33)14-6-7-17-30-18-9-19-31(21-20-30)23(3)32;/h4-5,10-13,15-16,22H,6-9,14,17-21H2,1-3H3,(H,29,33);1H. The summed E-state index contributed by atoms with van der Waals surface area (Å²) < 4.78 is 5.97. The molecule has 1 saturated heterocycles. The van der Waals surface area contributed by atoms with Crippen LogP contribution in [0.25, 0.3) is 5.57 Å². The summed E-state index contributed by atoms with van der Waals surface area (Å²) in [6.07, 6.45) is 12.5. The second-order valence-electron chi connectivity index (χ2n) is 9.26. The quantitative estimate of drug-likeness (QED) is 0.531. The predicted octanol–water partition coefficient (Wildman–Crippen LogP) is 4.79. The van der Waals surface area contributed by atoms with Crippen molar-refractivity contribution in [2.75, 3.05) is 32.7 Å². The Hall–Kier alpha value is -2.86. The number of amides is 2. The third kappa shape index (κ3) is 8.17. The number of ether oxygens (including phenoxy) is 1. The van der Waals surface area contributed by atoms with Gasteiger partial charge in [0.25, 0.3) is 0 Å². The zero-order chi connectivity index (χ0) is 24.3. The van der Waals surface area contributed by atoms with Gasteiger partial charge in [-0.05, 0) is 70.3 Å². The summed E-state index contributed by atoms with van der Waals surface area (Å²) in [5, 5.41) is 3.06. The van der Waals surface area contributed by atoms with Crippen molar-refractivity contribution in [2.24, 2.45) is 0 Å². The van der Waals surface area contributed by atoms with E-state index in [1.807, 2.05) is 55.2 Å². The first-order chi connectivity index (χ1) is 16.4. The van der Waals surface area contributed by atoms with Crippen LogP contribution < -0.4 is 10.1 Å². The lowest BCUT2D eigenvalue weighted by molar-refractivity contribution is -0.128. The van der Waals surface area contributed by atoms with Crippen molar-refractivity contribution in [3.05, 3.63) is 59.8 Å². The minimum Gasteiger partial charge on any atom is -0.490 e. The monoisotopic (exact) mass is 467 g/mol. The molecule has 2 aliphatic rings. The highest BCUT2D eigenvalue weighted by atomic mass is 16.5. The highest BCUT2D eigenvalue weighted by Gasteiger charge is 2.16. The number of allylic oxidation sites excluding steroid dienone is 5. The van der Waals surface area contributed by atoms with Crippen LogP contribution in [0.5, 0.6) is 5.75 Å². The Morgan fingerprint density at radius 2 is 1.88 bits per heavy atom. The highest BCUT2D eigenvalue weighted by Crippen LogP contribution is 2.29. The van der Waals surface area contributed by atoms with Gasteiger partial charge >= 0.3 is 0 Å². The summed E-state index contributed by atoms with van der Waals surface area (Å²) in [7, 11) is 0. The fourth-order valence-electron chi connectivity index (χ4n) is 4.34. The number of carbonyl (C=O) groups excluding carboxylic acids is 2. The third-order valence-electron chi connectivity index (χ3n) is 6.12. The van der Waals surface area contributed by atoms with E-state index in [4.69, 9.17) is 4.74 Å². The molecule has 0 atom stereocenters. The number of nitrogens with one attached hydrogen (secondary N) is 1. The summed E-state index contributed by atoms with van der Waals surface area (Å²) >= 11 is 0. The molecule has 1 heterocycles. The number of unbranched alkanes of at least 4 members (excludes halogenated alkanes) is 1. The Labute approximate surface area is 205 Å². The zero-order valence-corrected chi connectivity index (χ0v) is 20.9. The Morgan fingerprint density at radius 1 is 1.06 bits per heavy atom. The molecule has 1 aliphatic carbocycles. The zero-order valence-electron chi connectivity index (χ0n) is 20.9. The lowest BCUT2D eigenvalue weighted by Crippen LogP contribution is -2.34. The van der Waals surface area contributed by atoms with E-state index in [1.165, 1.54) is 0 Å². The smallest absolute Gasteiger partial charge is 0.224 e. The van der Waals surface area contributed by atoms with Crippen molar-refractivity contribution in [3.8, 4) is 5.75 Å². The molecule has 0 aromatic heterocycles. The fraction of sp³-hybridized carbons (Fsp3) is 0.500. The van der Waals surface area contributed by atoms with E-state index < -0.39 is 0 Å². The molecule has 0 bridgehead atoms. The van der Waals surface area contributed by atoms with E-state index in [0.29, 0.717) is 6.42 Å². The maximum atomic E-state index is 12.5. The molecule has 2 amide bonds. The summed E-state index contributed by atoms with van der Waals surface area (Å²) in [5.41, 5.74) is 3.00. The van der Waals surface area contributed by atoms with Gasteiger partial charge in [0.15, 0.2) is 0 Å². The van der Waals surface area contributed by atoms with E-state index in [-0.39, 0.29) is 19.3 Å². The molecule has 0 radical (unpaired) electrons. The van der Waals surface area contributed by atoms with Crippen LogP contribution in [0.4, 0.5) is 0 Å². The van der Waals surface area contributed by atoms with Gasteiger partial charge in [-0.25, -0.2) is 0 Å². The van der Waals surface area contributed by atoms with E-state index >= 15 is 0 Å². The first-order valence-corrected chi connectivity index (χ1v) is 12.5. The van der Waals surface area contributed by atoms with Crippen LogP contribution >= 0.6 is 0 Å². The minimum atomic E-state index is 0. The van der Waals surface area contributed by atoms with Crippen molar-refractivity contribution >= 4 is 17.4 Å². The van der Waals surface area contributed by atoms with Gasteiger partial charge in [0.05, 0.1) is 6.10 Å². The van der Waals surface area contributed by atoms with Crippen molar-refractivity contribution in [1.29, 1.82) is 0 Å². The van der Waals surface area contributed by atoms with Crippen LogP contribution in [0.1, 0.15) is 59.9 Å². The summed E-state index contributed by atoms with van der Waals surface area (Å²) in [6.45, 7) is 10.3. The largest absolute Gasteiger partial charge is 0.490 e. The summed E-state index contributed by atoms with van der Waals surface area (Å²) in [5.74, 6) is 1.09. The van der Waals surface area contributed by atoms with Gasteiger partial charge in [-0.3, -0.25) is 9.59 Å². The average Bonchev–Trinajstić information content (AvgIpc) is 3.18. The Bertz CT molecular complexity index is 939. The molecule has 0 saturated carbocycles. The number of benzene rings is 1. The first-order valence-electron chi connectivity index (χ1n) is 12.5. The molecular weight excluding hydrogens is 426 g/mol. The van der Waals surface area contributed by atoms with Gasteiger partial charge in [0.2, 0.25) is 11.8 Å². The highest BCUT2D eigenvalue weighted by molar-refractivity contribution is 5.81. The molecule has 6 heteroatoms. The molecule has 1 aliphatic heterocycles. The van der Waals surface area contributed by atoms with E-state index in [2.05, 4.69) is 22.4 Å². The number of carbonyl (C=O) groups is 2. The van der Waals surface area contributed by atoms with Gasteiger partial charge in [0, 0.05) is 45.7 Å². The Kier molecular flexibility index (Phi) is 9.95. The van der Waals surface area contributed by atoms with E-state index in [1.54, 1.807) is 6.92 Å². The maximum absolute atomic E-state index is 12.5. The van der Waals surface area contributed by atoms with Crippen LogP contribution in [-0.2, 0) is 9.59 Å². The number of rotatable bonds is 9. The van der Waals surface area contributed by atoms with Crippen molar-refractivity contribution < 1.29 is 15.8 Å². The number of nitrogens with zero attached hydrogens (tertiary/aromatic N) is 2. The molecule has 34 heavy (non-hydrogen) atoms. The molecular formula is C28H41N3O3. The van der Waals surface area contributed by atoms with Crippen LogP contribution in [0.3, 0.4) is 0 Å². The van der Waals surface area contributed by atoms with Crippen molar-refractivity contribution in [1.82, 2.24) is 15.1 Å². The van der Waals surface area contributed by atoms with Gasteiger partial charge in [-0.1, -0.05) is 36.4 Å². The molecule has 186 valence electrons. The van der Waals surface area contributed by atoms with Crippen LogP contribution in [0.15, 0.2) is 54.3 Å². The molecule has 1 fully saturated rings. The van der Waals surface area contributed by atoms with E-state index in [9.17, 15) is 9.59 Å². The first kappa shape index (κ1) is 25.8. The average molecular weight is 468 g/mol. The SMILES string of the molecule is CC(=O)N1CCCN(CCCCC(=O)NC2=CCC=C(c3ccccc3OC(C)C)C=C2)CC1.[HH]. The predicted molar refractivity (Wildman–Crippen MR) is 139 cm³/mol. The molecule has 3 rings (SSSR count). The normalized spacial score (nSPS) is 17.0. The maximum Gasteiger partial charge on any atom is 0.224 e. The molecule has 0 spiro atoms. The summed E-state index contributed by atoms with van der Waals surface area (Å²) in [4.78, 5) is 28.4. The van der Waals surface area contributed by atoms with Crippen LogP contribution in [0.2, 0.25) is 0 Å². The molecule has 6 nitrogen and oxygen atoms in total. The molecule has 1 aromatic carbocycles. The second-order valence-corrected chi connectivity index (χ2v) is 9.26. The number of hydrogen-bond acceptors (Lipinski definition) is 4. The Morgan fingerprint density at radius 3 is 2.68 bits per heavy atom. The topological polar surface area (TPSA) is 61.9 Å². The minimum absolute atomic E-state index is 0. The van der Waals surface area contributed by atoms with Gasteiger partial charge in [-0.15, -0.1) is 0 Å². The van der Waals surface area contributed by atoms with Gasteiger partial charge < -0.3 is 19.9 Å². The lowest BCUT2D eigenvalue weighted by Gasteiger charge is -2.20. The molecule has 0 unspecified atom stereocenters. The van der Waals surface area contributed by atoms with E-state index in [0.717, 1.165) is 81.0 Å². The third-order valence-corrected chi connectivity index (χ3v) is 6.12. The van der Waals surface area contributed by atoms with Crippen LogP contribution in [0, 0.1) is 0 Å².